The number of rotatable bonds is 23. The van der Waals surface area contributed by atoms with Crippen molar-refractivity contribution in [2.24, 2.45) is 0 Å². The van der Waals surface area contributed by atoms with E-state index in [0.717, 1.165) is 6.54 Å². The predicted octanol–water partition coefficient (Wildman–Crippen LogP) is -3.59. The molecule has 7 N–H and O–H groups in total. The van der Waals surface area contributed by atoms with E-state index in [9.17, 15) is 30.0 Å². The molecule has 0 aromatic rings. The van der Waals surface area contributed by atoms with E-state index in [-0.39, 0.29) is 38.6 Å². The SMILES string of the molecule is CNCCOCCOCCOCCNC(O)CN(CCOCCC1OC(CO)C(O)C(O)C1NC(C)=O)C(C)=O. The maximum absolute atomic E-state index is 12.0. The number of carbonyl (C=O) groups is 2. The Balaban J connectivity index is 2.22. The van der Waals surface area contributed by atoms with Gasteiger partial charge in [-0.15, -0.1) is 0 Å². The average molecular weight is 583 g/mol. The Kier molecular flexibility index (Phi) is 20.2. The molecule has 1 heterocycles. The van der Waals surface area contributed by atoms with Gasteiger partial charge in [0.15, 0.2) is 0 Å². The van der Waals surface area contributed by atoms with Crippen molar-refractivity contribution in [2.45, 2.75) is 57.0 Å². The average Bonchev–Trinajstić information content (AvgIpc) is 2.91. The minimum atomic E-state index is -1.34. The molecular formula is C25H50N4O11. The fourth-order valence-corrected chi connectivity index (χ4v) is 3.99. The predicted molar refractivity (Wildman–Crippen MR) is 143 cm³/mol. The molecule has 2 amide bonds. The zero-order valence-corrected chi connectivity index (χ0v) is 24.0. The second-order valence-electron chi connectivity index (χ2n) is 9.38. The molecule has 0 radical (unpaired) electrons. The van der Waals surface area contributed by atoms with Gasteiger partial charge >= 0.3 is 0 Å². The van der Waals surface area contributed by atoms with Gasteiger partial charge in [0.2, 0.25) is 11.8 Å². The molecule has 0 bridgehead atoms. The van der Waals surface area contributed by atoms with Gasteiger partial charge in [0.1, 0.15) is 24.5 Å². The van der Waals surface area contributed by atoms with Gasteiger partial charge in [-0.2, -0.15) is 0 Å². The van der Waals surface area contributed by atoms with Crippen LogP contribution in [-0.2, 0) is 33.3 Å². The lowest BCUT2D eigenvalue weighted by Crippen LogP contribution is -2.64. The van der Waals surface area contributed by atoms with Crippen molar-refractivity contribution in [1.82, 2.24) is 20.9 Å². The van der Waals surface area contributed by atoms with Gasteiger partial charge in [-0.3, -0.25) is 14.9 Å². The highest BCUT2D eigenvalue weighted by Gasteiger charge is 2.44. The molecule has 0 aromatic carbocycles. The van der Waals surface area contributed by atoms with Crippen LogP contribution in [0.4, 0.5) is 0 Å². The van der Waals surface area contributed by atoms with E-state index >= 15 is 0 Å². The second kappa shape index (κ2) is 22.1. The number of nitrogens with one attached hydrogen (secondary N) is 3. The molecule has 15 heteroatoms. The number of nitrogens with zero attached hydrogens (tertiary/aromatic N) is 1. The molecule has 0 saturated carbocycles. The van der Waals surface area contributed by atoms with Crippen LogP contribution in [-0.4, -0.2) is 167 Å². The quantitative estimate of drug-likeness (QED) is 0.0461. The van der Waals surface area contributed by atoms with Crippen LogP contribution < -0.4 is 16.0 Å². The molecule has 236 valence electrons. The van der Waals surface area contributed by atoms with Crippen molar-refractivity contribution < 1.29 is 53.7 Å². The summed E-state index contributed by atoms with van der Waals surface area (Å²) in [5, 5.41) is 48.6. The zero-order chi connectivity index (χ0) is 29.8. The van der Waals surface area contributed by atoms with Crippen LogP contribution in [0, 0.1) is 0 Å². The molecule has 0 aliphatic carbocycles. The first kappa shape index (κ1) is 36.5. The smallest absolute Gasteiger partial charge is 0.219 e. The number of hydrogen-bond donors (Lipinski definition) is 7. The van der Waals surface area contributed by atoms with Crippen molar-refractivity contribution >= 4 is 11.8 Å². The molecule has 40 heavy (non-hydrogen) atoms. The number of amides is 2. The summed E-state index contributed by atoms with van der Waals surface area (Å²) in [5.41, 5.74) is 0. The summed E-state index contributed by atoms with van der Waals surface area (Å²) in [6.07, 6.45) is -5.00. The van der Waals surface area contributed by atoms with E-state index in [1.54, 1.807) is 0 Å². The molecule has 0 aromatic heterocycles. The molecule has 1 fully saturated rings. The van der Waals surface area contributed by atoms with Gasteiger partial charge in [0, 0.05) is 40.1 Å². The van der Waals surface area contributed by atoms with Gasteiger partial charge in [-0.1, -0.05) is 0 Å². The van der Waals surface area contributed by atoms with Gasteiger partial charge in [0.05, 0.1) is 71.5 Å². The number of ether oxygens (including phenoxy) is 5. The maximum Gasteiger partial charge on any atom is 0.219 e. The van der Waals surface area contributed by atoms with Gasteiger partial charge < -0.3 is 59.6 Å². The Morgan fingerprint density at radius 3 is 2.05 bits per heavy atom. The van der Waals surface area contributed by atoms with Crippen molar-refractivity contribution in [1.29, 1.82) is 0 Å². The summed E-state index contributed by atoms with van der Waals surface area (Å²) in [4.78, 5) is 25.0. The monoisotopic (exact) mass is 582 g/mol. The van der Waals surface area contributed by atoms with Crippen molar-refractivity contribution in [3.8, 4) is 0 Å². The summed E-state index contributed by atoms with van der Waals surface area (Å²) >= 11 is 0. The van der Waals surface area contributed by atoms with E-state index in [1.807, 2.05) is 7.05 Å². The van der Waals surface area contributed by atoms with Crippen LogP contribution in [0.25, 0.3) is 0 Å². The zero-order valence-electron chi connectivity index (χ0n) is 24.0. The first-order chi connectivity index (χ1) is 19.2. The highest BCUT2D eigenvalue weighted by Crippen LogP contribution is 2.23. The molecule has 1 aliphatic heterocycles. The second-order valence-corrected chi connectivity index (χ2v) is 9.38. The lowest BCUT2D eigenvalue weighted by atomic mass is 9.91. The third-order valence-corrected chi connectivity index (χ3v) is 6.16. The lowest BCUT2D eigenvalue weighted by Gasteiger charge is -2.42. The molecule has 1 saturated heterocycles. The van der Waals surface area contributed by atoms with E-state index in [0.29, 0.717) is 46.2 Å². The van der Waals surface area contributed by atoms with Crippen molar-refractivity contribution in [3.63, 3.8) is 0 Å². The van der Waals surface area contributed by atoms with Gasteiger partial charge in [-0.25, -0.2) is 0 Å². The Morgan fingerprint density at radius 2 is 1.48 bits per heavy atom. The van der Waals surface area contributed by atoms with E-state index in [4.69, 9.17) is 23.7 Å². The van der Waals surface area contributed by atoms with Crippen LogP contribution >= 0.6 is 0 Å². The number of hydrogen-bond acceptors (Lipinski definition) is 13. The number of carbonyl (C=O) groups excluding carboxylic acids is 2. The summed E-state index contributed by atoms with van der Waals surface area (Å²) in [5.74, 6) is -0.618. The highest BCUT2D eigenvalue weighted by atomic mass is 16.5. The number of aliphatic hydroxyl groups excluding tert-OH is 4. The van der Waals surface area contributed by atoms with Crippen LogP contribution in [0.15, 0.2) is 0 Å². The molecule has 6 unspecified atom stereocenters. The summed E-state index contributed by atoms with van der Waals surface area (Å²) in [6.45, 7) is 6.96. The molecule has 1 aliphatic rings. The largest absolute Gasteiger partial charge is 0.394 e. The molecule has 15 nitrogen and oxygen atoms in total. The minimum absolute atomic E-state index is 0.0635. The Hall–Kier alpha value is -1.50. The van der Waals surface area contributed by atoms with Gasteiger partial charge in [-0.05, 0) is 13.5 Å². The molecule has 1 rings (SSSR count). The first-order valence-electron chi connectivity index (χ1n) is 13.7. The van der Waals surface area contributed by atoms with Crippen LogP contribution in [0.5, 0.6) is 0 Å². The van der Waals surface area contributed by atoms with Crippen molar-refractivity contribution in [2.75, 3.05) is 92.7 Å². The lowest BCUT2D eigenvalue weighted by molar-refractivity contribution is -0.198. The van der Waals surface area contributed by atoms with E-state index in [2.05, 4.69) is 16.0 Å². The third kappa shape index (κ3) is 15.5. The van der Waals surface area contributed by atoms with Crippen LogP contribution in [0.1, 0.15) is 20.3 Å². The Labute approximate surface area is 236 Å². The highest BCUT2D eigenvalue weighted by molar-refractivity contribution is 5.73. The fourth-order valence-electron chi connectivity index (χ4n) is 3.99. The summed E-state index contributed by atoms with van der Waals surface area (Å²) in [6, 6.07) is -0.863. The van der Waals surface area contributed by atoms with Crippen LogP contribution in [0.3, 0.4) is 0 Å². The third-order valence-electron chi connectivity index (χ3n) is 6.16. The maximum atomic E-state index is 12.0. The van der Waals surface area contributed by atoms with E-state index in [1.165, 1.54) is 18.7 Å². The standard InChI is InChI=1S/C25H50N4O11/c1-18(31)28-23-20(40-21(17-30)24(34)25(23)35)4-8-36-11-7-29(19(2)32)16-22(33)27-6-10-38-13-15-39-14-12-37-9-5-26-3/h20-27,30,33-35H,4-17H2,1-3H3,(H,28,31). The Morgan fingerprint density at radius 1 is 0.875 bits per heavy atom. The number of likely N-dealkylation sites (N-methyl/N-ethyl adjacent to an activating group) is 1. The van der Waals surface area contributed by atoms with Crippen LogP contribution in [0.2, 0.25) is 0 Å². The first-order valence-corrected chi connectivity index (χ1v) is 13.7. The van der Waals surface area contributed by atoms with Crippen molar-refractivity contribution in [3.05, 3.63) is 0 Å². The molecule has 6 atom stereocenters. The molecular weight excluding hydrogens is 532 g/mol. The van der Waals surface area contributed by atoms with Gasteiger partial charge in [0.25, 0.3) is 0 Å². The molecule has 0 spiro atoms. The normalized spacial score (nSPS) is 23.6. The number of aliphatic hydroxyl groups is 4. The summed E-state index contributed by atoms with van der Waals surface area (Å²) in [7, 11) is 1.86. The topological polar surface area (TPSA) is 201 Å². The van der Waals surface area contributed by atoms with E-state index < -0.39 is 49.2 Å². The minimum Gasteiger partial charge on any atom is -0.394 e. The fraction of sp³-hybridized carbons (Fsp3) is 0.920. The Bertz CT molecular complexity index is 679. The summed E-state index contributed by atoms with van der Waals surface area (Å²) < 4.78 is 27.5.